The summed E-state index contributed by atoms with van der Waals surface area (Å²) in [6.07, 6.45) is 5.33. The van der Waals surface area contributed by atoms with Crippen molar-refractivity contribution in [2.24, 2.45) is 0 Å². The molecule has 0 aromatic heterocycles. The van der Waals surface area contributed by atoms with Crippen molar-refractivity contribution >= 4 is 0 Å². The van der Waals surface area contributed by atoms with Crippen molar-refractivity contribution in [3.8, 4) is 0 Å². The summed E-state index contributed by atoms with van der Waals surface area (Å²) in [7, 11) is 2.22. The Morgan fingerprint density at radius 2 is 1.89 bits per heavy atom. The van der Waals surface area contributed by atoms with Crippen LogP contribution in [0.5, 0.6) is 0 Å². The van der Waals surface area contributed by atoms with E-state index < -0.39 is 0 Å². The number of nitrogens with one attached hydrogen (secondary N) is 1. The number of rotatable bonds is 10. The van der Waals surface area contributed by atoms with Gasteiger partial charge in [0.05, 0.1) is 0 Å². The topological polar surface area (TPSA) is 15.3 Å². The molecule has 0 fully saturated rings. The van der Waals surface area contributed by atoms with E-state index in [1.807, 2.05) is 0 Å². The van der Waals surface area contributed by atoms with Crippen LogP contribution in [0, 0.1) is 6.92 Å². The first-order valence-corrected chi connectivity index (χ1v) is 7.67. The summed E-state index contributed by atoms with van der Waals surface area (Å²) in [4.78, 5) is 2.43. The van der Waals surface area contributed by atoms with Crippen LogP contribution in [0.25, 0.3) is 0 Å². The highest BCUT2D eigenvalue weighted by atomic mass is 15.1. The average Bonchev–Trinajstić information content (AvgIpc) is 2.37. The molecule has 0 spiro atoms. The van der Waals surface area contributed by atoms with Crippen LogP contribution < -0.4 is 5.32 Å². The Morgan fingerprint density at radius 1 is 1.11 bits per heavy atom. The molecule has 1 N–H and O–H groups in total. The van der Waals surface area contributed by atoms with Crippen molar-refractivity contribution in [3.63, 3.8) is 0 Å². The maximum atomic E-state index is 3.38. The number of nitrogens with zero attached hydrogens (tertiary/aromatic N) is 1. The molecule has 0 saturated heterocycles. The smallest absolute Gasteiger partial charge is 0.0230 e. The summed E-state index contributed by atoms with van der Waals surface area (Å²) >= 11 is 0. The van der Waals surface area contributed by atoms with E-state index in [2.05, 4.69) is 55.4 Å². The Labute approximate surface area is 119 Å². The van der Waals surface area contributed by atoms with E-state index in [9.17, 15) is 0 Å². The molecular weight excluding hydrogens is 232 g/mol. The van der Waals surface area contributed by atoms with Crippen molar-refractivity contribution in [2.75, 3.05) is 26.7 Å². The molecule has 0 saturated carbocycles. The summed E-state index contributed by atoms with van der Waals surface area (Å²) < 4.78 is 0. The van der Waals surface area contributed by atoms with Crippen LogP contribution in [0.2, 0.25) is 0 Å². The molecule has 0 bridgehead atoms. The van der Waals surface area contributed by atoms with Crippen molar-refractivity contribution in [2.45, 2.75) is 46.1 Å². The van der Waals surface area contributed by atoms with Gasteiger partial charge in [0, 0.05) is 6.54 Å². The van der Waals surface area contributed by atoms with Crippen LogP contribution in [0.3, 0.4) is 0 Å². The number of hydrogen-bond donors (Lipinski definition) is 1. The summed E-state index contributed by atoms with van der Waals surface area (Å²) in [5.41, 5.74) is 2.78. The zero-order chi connectivity index (χ0) is 13.9. The fraction of sp³-hybridized carbons (Fsp3) is 0.647. The van der Waals surface area contributed by atoms with Gasteiger partial charge in [-0.3, -0.25) is 0 Å². The zero-order valence-electron chi connectivity index (χ0n) is 12.9. The molecule has 108 valence electrons. The highest BCUT2D eigenvalue weighted by Crippen LogP contribution is 2.08. The first kappa shape index (κ1) is 16.2. The minimum Gasteiger partial charge on any atom is -0.317 e. The van der Waals surface area contributed by atoms with E-state index in [-0.39, 0.29) is 0 Å². The van der Waals surface area contributed by atoms with Crippen molar-refractivity contribution in [1.82, 2.24) is 10.2 Å². The van der Waals surface area contributed by atoms with Crippen LogP contribution >= 0.6 is 0 Å². The van der Waals surface area contributed by atoms with Crippen molar-refractivity contribution in [1.29, 1.82) is 0 Å². The predicted molar refractivity (Wildman–Crippen MR) is 84.5 cm³/mol. The van der Waals surface area contributed by atoms with E-state index in [4.69, 9.17) is 0 Å². The Bertz CT molecular complexity index is 336. The van der Waals surface area contributed by atoms with Gasteiger partial charge in [0.1, 0.15) is 0 Å². The minimum absolute atomic E-state index is 1.07. The van der Waals surface area contributed by atoms with E-state index >= 15 is 0 Å². The molecule has 0 aliphatic rings. The van der Waals surface area contributed by atoms with Gasteiger partial charge in [0.25, 0.3) is 0 Å². The van der Waals surface area contributed by atoms with E-state index in [0.29, 0.717) is 0 Å². The summed E-state index contributed by atoms with van der Waals surface area (Å²) in [6, 6.07) is 8.82. The van der Waals surface area contributed by atoms with Crippen LogP contribution in [0.1, 0.15) is 43.7 Å². The lowest BCUT2D eigenvalue weighted by Gasteiger charge is -2.16. The molecule has 2 heteroatoms. The van der Waals surface area contributed by atoms with E-state index in [0.717, 1.165) is 13.1 Å². The summed E-state index contributed by atoms with van der Waals surface area (Å²) in [5.74, 6) is 0. The van der Waals surface area contributed by atoms with Gasteiger partial charge in [-0.2, -0.15) is 0 Å². The van der Waals surface area contributed by atoms with Crippen LogP contribution in [-0.2, 0) is 6.54 Å². The van der Waals surface area contributed by atoms with Gasteiger partial charge in [0.15, 0.2) is 0 Å². The second kappa shape index (κ2) is 9.99. The molecule has 1 aromatic carbocycles. The molecule has 19 heavy (non-hydrogen) atoms. The quantitative estimate of drug-likeness (QED) is 0.648. The van der Waals surface area contributed by atoms with Gasteiger partial charge in [-0.25, -0.2) is 0 Å². The van der Waals surface area contributed by atoms with Gasteiger partial charge >= 0.3 is 0 Å². The van der Waals surface area contributed by atoms with Gasteiger partial charge in [0.2, 0.25) is 0 Å². The number of hydrogen-bond acceptors (Lipinski definition) is 2. The van der Waals surface area contributed by atoms with Crippen molar-refractivity contribution in [3.05, 3.63) is 35.4 Å². The molecule has 0 aliphatic carbocycles. The van der Waals surface area contributed by atoms with Crippen molar-refractivity contribution < 1.29 is 0 Å². The maximum Gasteiger partial charge on any atom is 0.0230 e. The van der Waals surface area contributed by atoms with Gasteiger partial charge in [-0.05, 0) is 52.0 Å². The van der Waals surface area contributed by atoms with Gasteiger partial charge in [-0.1, -0.05) is 49.6 Å². The zero-order valence-corrected chi connectivity index (χ0v) is 12.9. The number of unbranched alkanes of at least 4 members (excludes halogenated alkanes) is 3. The minimum atomic E-state index is 1.07. The fourth-order valence-electron chi connectivity index (χ4n) is 2.36. The Morgan fingerprint density at radius 3 is 2.63 bits per heavy atom. The summed E-state index contributed by atoms with van der Waals surface area (Å²) in [5, 5.41) is 3.38. The summed E-state index contributed by atoms with van der Waals surface area (Å²) in [6.45, 7) is 8.87. The fourth-order valence-corrected chi connectivity index (χ4v) is 2.36. The highest BCUT2D eigenvalue weighted by Gasteiger charge is 2.00. The Kier molecular flexibility index (Phi) is 8.52. The molecule has 0 atom stereocenters. The molecule has 2 nitrogen and oxygen atoms in total. The lowest BCUT2D eigenvalue weighted by Crippen LogP contribution is -2.19. The molecule has 0 amide bonds. The molecule has 1 aromatic rings. The standard InChI is InChI=1S/C17H30N2/c1-4-18-12-7-5-6-8-13-19(3)15-17-11-9-10-16(2)14-17/h9-11,14,18H,4-8,12-13,15H2,1-3H3. The van der Waals surface area contributed by atoms with Gasteiger partial charge < -0.3 is 10.2 Å². The molecule has 0 unspecified atom stereocenters. The maximum absolute atomic E-state index is 3.38. The molecule has 0 aliphatic heterocycles. The number of aryl methyl sites for hydroxylation is 1. The third-order valence-corrected chi connectivity index (χ3v) is 3.43. The molecule has 1 rings (SSSR count). The monoisotopic (exact) mass is 262 g/mol. The third-order valence-electron chi connectivity index (χ3n) is 3.43. The third kappa shape index (κ3) is 8.02. The van der Waals surface area contributed by atoms with Gasteiger partial charge in [-0.15, -0.1) is 0 Å². The number of benzene rings is 1. The van der Waals surface area contributed by atoms with Crippen LogP contribution in [0.15, 0.2) is 24.3 Å². The van der Waals surface area contributed by atoms with E-state index in [1.54, 1.807) is 0 Å². The van der Waals surface area contributed by atoms with Crippen LogP contribution in [-0.4, -0.2) is 31.6 Å². The lowest BCUT2D eigenvalue weighted by molar-refractivity contribution is 0.316. The average molecular weight is 262 g/mol. The van der Waals surface area contributed by atoms with Crippen LogP contribution in [0.4, 0.5) is 0 Å². The lowest BCUT2D eigenvalue weighted by atomic mass is 10.1. The Balaban J connectivity index is 2.06. The highest BCUT2D eigenvalue weighted by molar-refractivity contribution is 5.21. The SMILES string of the molecule is CCNCCCCCCN(C)Cc1cccc(C)c1. The molecular formula is C17H30N2. The Hall–Kier alpha value is -0.860. The second-order valence-electron chi connectivity index (χ2n) is 5.49. The van der Waals surface area contributed by atoms with E-state index in [1.165, 1.54) is 49.9 Å². The first-order chi connectivity index (χ1) is 9.22. The molecule has 0 radical (unpaired) electrons. The first-order valence-electron chi connectivity index (χ1n) is 7.67. The molecule has 0 heterocycles. The second-order valence-corrected chi connectivity index (χ2v) is 5.49. The largest absolute Gasteiger partial charge is 0.317 e. The predicted octanol–water partition coefficient (Wildman–Crippen LogP) is 3.60. The normalized spacial score (nSPS) is 11.2.